The van der Waals surface area contributed by atoms with E-state index in [2.05, 4.69) is 46.3 Å². The second-order valence-electron chi connectivity index (χ2n) is 7.10. The third-order valence-electron chi connectivity index (χ3n) is 5.11. The van der Waals surface area contributed by atoms with Crippen molar-refractivity contribution in [3.05, 3.63) is 59.3 Å². The number of nitrogens with zero attached hydrogens (tertiary/aromatic N) is 3. The topological polar surface area (TPSA) is 61.5 Å². The fraction of sp³-hybridized carbons (Fsp3) is 0.333. The number of ether oxygens (including phenoxy) is 1. The van der Waals surface area contributed by atoms with Crippen LogP contribution in [0, 0.1) is 6.92 Å². The molecule has 27 heavy (non-hydrogen) atoms. The van der Waals surface area contributed by atoms with Crippen molar-refractivity contribution in [3.8, 4) is 5.75 Å². The number of piperazine rings is 1. The summed E-state index contributed by atoms with van der Waals surface area (Å²) in [6.45, 7) is 5.44. The van der Waals surface area contributed by atoms with Crippen molar-refractivity contribution in [2.45, 2.75) is 20.0 Å². The van der Waals surface area contributed by atoms with Gasteiger partial charge in [-0.3, -0.25) is 14.8 Å². The predicted octanol–water partition coefficient (Wildman–Crippen LogP) is 2.72. The number of amides is 1. The summed E-state index contributed by atoms with van der Waals surface area (Å²) in [7, 11) is 1.66. The Morgan fingerprint density at radius 3 is 2.67 bits per heavy atom. The molecule has 1 saturated heterocycles. The van der Waals surface area contributed by atoms with Gasteiger partial charge in [0, 0.05) is 31.6 Å². The SMILES string of the molecule is COc1ccc2n[nH]c(CN3CCN(Cc4ccc(C)cc4)C(=O)C3)c2c1. The quantitative estimate of drug-likeness (QED) is 0.756. The first-order chi connectivity index (χ1) is 13.1. The van der Waals surface area contributed by atoms with Gasteiger partial charge in [-0.15, -0.1) is 0 Å². The van der Waals surface area contributed by atoms with E-state index in [1.807, 2.05) is 23.1 Å². The average molecular weight is 364 g/mol. The lowest BCUT2D eigenvalue weighted by Gasteiger charge is -2.34. The third kappa shape index (κ3) is 3.80. The maximum absolute atomic E-state index is 12.6. The highest BCUT2D eigenvalue weighted by Crippen LogP contribution is 2.23. The van der Waals surface area contributed by atoms with Crippen LogP contribution in [-0.4, -0.2) is 52.6 Å². The lowest BCUT2D eigenvalue weighted by molar-refractivity contribution is -0.136. The van der Waals surface area contributed by atoms with E-state index in [-0.39, 0.29) is 5.91 Å². The normalized spacial score (nSPS) is 15.5. The fourth-order valence-electron chi connectivity index (χ4n) is 3.49. The van der Waals surface area contributed by atoms with E-state index in [1.54, 1.807) is 7.11 Å². The van der Waals surface area contributed by atoms with Crippen LogP contribution in [0.25, 0.3) is 10.9 Å². The second kappa shape index (κ2) is 7.40. The summed E-state index contributed by atoms with van der Waals surface area (Å²) >= 11 is 0. The average Bonchev–Trinajstić information content (AvgIpc) is 3.07. The van der Waals surface area contributed by atoms with Crippen molar-refractivity contribution < 1.29 is 9.53 Å². The largest absolute Gasteiger partial charge is 0.497 e. The van der Waals surface area contributed by atoms with Crippen molar-refractivity contribution in [1.82, 2.24) is 20.0 Å². The lowest BCUT2D eigenvalue weighted by Crippen LogP contribution is -2.49. The number of fused-ring (bicyclic) bond motifs is 1. The minimum Gasteiger partial charge on any atom is -0.497 e. The maximum Gasteiger partial charge on any atom is 0.237 e. The smallest absolute Gasteiger partial charge is 0.237 e. The summed E-state index contributed by atoms with van der Waals surface area (Å²) in [5, 5.41) is 8.51. The Bertz CT molecular complexity index is 948. The van der Waals surface area contributed by atoms with Gasteiger partial charge in [0.25, 0.3) is 0 Å². The molecule has 0 bridgehead atoms. The van der Waals surface area contributed by atoms with E-state index in [4.69, 9.17) is 4.74 Å². The van der Waals surface area contributed by atoms with Crippen molar-refractivity contribution in [1.29, 1.82) is 0 Å². The molecule has 1 N–H and O–H groups in total. The molecule has 3 aromatic rings. The van der Waals surface area contributed by atoms with Crippen molar-refractivity contribution >= 4 is 16.8 Å². The van der Waals surface area contributed by atoms with E-state index < -0.39 is 0 Å². The Morgan fingerprint density at radius 1 is 1.11 bits per heavy atom. The van der Waals surface area contributed by atoms with Gasteiger partial charge >= 0.3 is 0 Å². The van der Waals surface area contributed by atoms with Crippen molar-refractivity contribution in [2.75, 3.05) is 26.7 Å². The molecule has 1 aromatic heterocycles. The number of hydrogen-bond acceptors (Lipinski definition) is 4. The summed E-state index contributed by atoms with van der Waals surface area (Å²) < 4.78 is 5.32. The summed E-state index contributed by atoms with van der Waals surface area (Å²) in [6, 6.07) is 14.2. The zero-order valence-electron chi connectivity index (χ0n) is 15.7. The zero-order valence-corrected chi connectivity index (χ0v) is 15.7. The van der Waals surface area contributed by atoms with Gasteiger partial charge in [0.1, 0.15) is 5.75 Å². The van der Waals surface area contributed by atoms with Crippen LogP contribution in [-0.2, 0) is 17.9 Å². The third-order valence-corrected chi connectivity index (χ3v) is 5.11. The van der Waals surface area contributed by atoms with Crippen LogP contribution in [0.5, 0.6) is 5.75 Å². The number of methoxy groups -OCH3 is 1. The summed E-state index contributed by atoms with van der Waals surface area (Å²) in [4.78, 5) is 16.7. The van der Waals surface area contributed by atoms with Crippen LogP contribution in [0.15, 0.2) is 42.5 Å². The summed E-state index contributed by atoms with van der Waals surface area (Å²) in [5.41, 5.74) is 4.34. The van der Waals surface area contributed by atoms with Gasteiger partial charge in [-0.05, 0) is 30.7 Å². The summed E-state index contributed by atoms with van der Waals surface area (Å²) in [5.74, 6) is 0.979. The van der Waals surface area contributed by atoms with Gasteiger partial charge in [0.05, 0.1) is 24.9 Å². The Kier molecular flexibility index (Phi) is 4.81. The Hall–Kier alpha value is -2.86. The number of aromatic nitrogens is 2. The molecule has 2 heterocycles. The molecule has 0 spiro atoms. The number of hydrogen-bond donors (Lipinski definition) is 1. The predicted molar refractivity (Wildman–Crippen MR) is 105 cm³/mol. The van der Waals surface area contributed by atoms with E-state index >= 15 is 0 Å². The first-order valence-corrected chi connectivity index (χ1v) is 9.19. The van der Waals surface area contributed by atoms with Crippen LogP contribution in [0.4, 0.5) is 0 Å². The minimum absolute atomic E-state index is 0.170. The number of benzene rings is 2. The van der Waals surface area contributed by atoms with Gasteiger partial charge in [-0.1, -0.05) is 29.8 Å². The molecule has 6 heteroatoms. The molecular formula is C21H24N4O2. The highest BCUT2D eigenvalue weighted by atomic mass is 16.5. The van der Waals surface area contributed by atoms with Crippen LogP contribution in [0.1, 0.15) is 16.8 Å². The molecule has 0 saturated carbocycles. The first-order valence-electron chi connectivity index (χ1n) is 9.19. The van der Waals surface area contributed by atoms with E-state index in [9.17, 15) is 4.79 Å². The number of rotatable bonds is 5. The van der Waals surface area contributed by atoms with Gasteiger partial charge in [0.2, 0.25) is 5.91 Å². The van der Waals surface area contributed by atoms with E-state index in [0.717, 1.165) is 35.4 Å². The van der Waals surface area contributed by atoms with Gasteiger partial charge in [-0.2, -0.15) is 5.10 Å². The van der Waals surface area contributed by atoms with E-state index in [1.165, 1.54) is 11.1 Å². The number of nitrogens with one attached hydrogen (secondary N) is 1. The Morgan fingerprint density at radius 2 is 1.93 bits per heavy atom. The van der Waals surface area contributed by atoms with Crippen LogP contribution in [0.2, 0.25) is 0 Å². The van der Waals surface area contributed by atoms with Gasteiger partial charge in [-0.25, -0.2) is 0 Å². The molecule has 1 aliphatic rings. The first kappa shape index (κ1) is 17.5. The number of carbonyl (C=O) groups excluding carboxylic acids is 1. The molecule has 1 aliphatic heterocycles. The number of aryl methyl sites for hydroxylation is 1. The standard InChI is InChI=1S/C21H24N4O2/c1-15-3-5-16(6-4-15)12-25-10-9-24(14-21(25)26)13-20-18-11-17(27-2)7-8-19(18)22-23-20/h3-8,11H,9-10,12-14H2,1-2H3,(H,22,23). The molecule has 0 aliphatic carbocycles. The molecule has 0 radical (unpaired) electrons. The molecule has 4 rings (SSSR count). The van der Waals surface area contributed by atoms with Crippen LogP contribution >= 0.6 is 0 Å². The molecule has 140 valence electrons. The Balaban J connectivity index is 1.41. The highest BCUT2D eigenvalue weighted by Gasteiger charge is 2.24. The van der Waals surface area contributed by atoms with Crippen molar-refractivity contribution in [3.63, 3.8) is 0 Å². The molecule has 1 fully saturated rings. The summed E-state index contributed by atoms with van der Waals surface area (Å²) in [6.07, 6.45) is 0. The second-order valence-corrected chi connectivity index (χ2v) is 7.10. The molecular weight excluding hydrogens is 340 g/mol. The molecule has 0 unspecified atom stereocenters. The maximum atomic E-state index is 12.6. The monoisotopic (exact) mass is 364 g/mol. The highest BCUT2D eigenvalue weighted by molar-refractivity contribution is 5.83. The van der Waals surface area contributed by atoms with Crippen molar-refractivity contribution in [2.24, 2.45) is 0 Å². The molecule has 2 aromatic carbocycles. The molecule has 0 atom stereocenters. The van der Waals surface area contributed by atoms with Gasteiger partial charge < -0.3 is 9.64 Å². The van der Waals surface area contributed by atoms with Crippen LogP contribution < -0.4 is 4.74 Å². The Labute approximate surface area is 158 Å². The number of aromatic amines is 1. The van der Waals surface area contributed by atoms with E-state index in [0.29, 0.717) is 19.6 Å². The molecule has 6 nitrogen and oxygen atoms in total. The number of carbonyl (C=O) groups is 1. The van der Waals surface area contributed by atoms with Gasteiger partial charge in [0.15, 0.2) is 0 Å². The fourth-order valence-corrected chi connectivity index (χ4v) is 3.49. The zero-order chi connectivity index (χ0) is 18.8. The molecule has 1 amide bonds. The lowest BCUT2D eigenvalue weighted by atomic mass is 10.1. The number of H-pyrrole nitrogens is 1. The minimum atomic E-state index is 0.170. The van der Waals surface area contributed by atoms with Crippen LogP contribution in [0.3, 0.4) is 0 Å².